The molecule has 0 aromatic heterocycles. The van der Waals surface area contributed by atoms with Gasteiger partial charge in [-0.2, -0.15) is 0 Å². The lowest BCUT2D eigenvalue weighted by atomic mass is 9.82. The third kappa shape index (κ3) is 3.85. The molecule has 6 heteroatoms. The van der Waals surface area contributed by atoms with Crippen molar-refractivity contribution in [2.75, 3.05) is 26.2 Å². The van der Waals surface area contributed by atoms with Crippen LogP contribution >= 0.6 is 12.4 Å². The molecular weight excluding hydrogens is 254 g/mol. The second kappa shape index (κ2) is 6.38. The minimum atomic E-state index is -0.178. The fourth-order valence-corrected chi connectivity index (χ4v) is 2.51. The summed E-state index contributed by atoms with van der Waals surface area (Å²) in [5.41, 5.74) is 0.157. The van der Waals surface area contributed by atoms with Gasteiger partial charge in [-0.15, -0.1) is 12.4 Å². The second-order valence-electron chi connectivity index (χ2n) is 5.51. The first kappa shape index (κ1) is 15.2. The van der Waals surface area contributed by atoms with Crippen LogP contribution < -0.4 is 16.0 Å². The van der Waals surface area contributed by atoms with Crippen molar-refractivity contribution in [2.45, 2.75) is 26.2 Å². The molecule has 3 N–H and O–H groups in total. The van der Waals surface area contributed by atoms with Crippen molar-refractivity contribution in [1.29, 1.82) is 0 Å². The van der Waals surface area contributed by atoms with E-state index >= 15 is 0 Å². The van der Waals surface area contributed by atoms with Crippen molar-refractivity contribution in [3.8, 4) is 0 Å². The zero-order chi connectivity index (χ0) is 12.3. The molecule has 2 saturated heterocycles. The number of piperidine rings is 1. The van der Waals surface area contributed by atoms with Gasteiger partial charge in [0, 0.05) is 26.1 Å². The highest BCUT2D eigenvalue weighted by molar-refractivity contribution is 5.89. The second-order valence-corrected chi connectivity index (χ2v) is 5.51. The molecular formula is C12H22ClN3O2. The van der Waals surface area contributed by atoms with Gasteiger partial charge in [-0.1, -0.05) is 6.92 Å². The average molecular weight is 276 g/mol. The summed E-state index contributed by atoms with van der Waals surface area (Å²) in [6.07, 6.45) is 2.64. The average Bonchev–Trinajstić information content (AvgIpc) is 2.74. The zero-order valence-corrected chi connectivity index (χ0v) is 11.6. The molecule has 2 aliphatic heterocycles. The molecule has 2 fully saturated rings. The highest BCUT2D eigenvalue weighted by Crippen LogP contribution is 2.24. The molecule has 0 spiro atoms. The van der Waals surface area contributed by atoms with Gasteiger partial charge in [0.15, 0.2) is 0 Å². The summed E-state index contributed by atoms with van der Waals surface area (Å²) in [5.74, 6) is -0.187. The number of halogens is 1. The summed E-state index contributed by atoms with van der Waals surface area (Å²) in [7, 11) is 0. The lowest BCUT2D eigenvalue weighted by molar-refractivity contribution is -0.126. The number of carbonyl (C=O) groups excluding carboxylic acids is 2. The smallest absolute Gasteiger partial charge is 0.225 e. The maximum absolute atomic E-state index is 11.9. The van der Waals surface area contributed by atoms with Crippen LogP contribution in [0.1, 0.15) is 26.2 Å². The first-order valence-corrected chi connectivity index (χ1v) is 6.34. The number of rotatable bonds is 3. The van der Waals surface area contributed by atoms with E-state index in [-0.39, 0.29) is 35.6 Å². The van der Waals surface area contributed by atoms with Crippen molar-refractivity contribution in [3.63, 3.8) is 0 Å². The summed E-state index contributed by atoms with van der Waals surface area (Å²) in [5, 5.41) is 9.03. The molecule has 2 atom stereocenters. The van der Waals surface area contributed by atoms with E-state index in [0.29, 0.717) is 19.5 Å². The zero-order valence-electron chi connectivity index (χ0n) is 10.8. The molecule has 18 heavy (non-hydrogen) atoms. The maximum atomic E-state index is 11.9. The summed E-state index contributed by atoms with van der Waals surface area (Å²) in [6.45, 7) is 5.40. The van der Waals surface area contributed by atoms with Gasteiger partial charge < -0.3 is 16.0 Å². The normalized spacial score (nSPS) is 31.4. The molecule has 0 aromatic rings. The Balaban J connectivity index is 0.00000162. The highest BCUT2D eigenvalue weighted by Gasteiger charge is 2.31. The van der Waals surface area contributed by atoms with E-state index in [1.807, 2.05) is 0 Å². The number of carbonyl (C=O) groups is 2. The molecule has 2 amide bonds. The van der Waals surface area contributed by atoms with Gasteiger partial charge >= 0.3 is 0 Å². The summed E-state index contributed by atoms with van der Waals surface area (Å²) in [4.78, 5) is 22.9. The van der Waals surface area contributed by atoms with Crippen LogP contribution in [0.25, 0.3) is 0 Å². The summed E-state index contributed by atoms with van der Waals surface area (Å²) in [6, 6.07) is 0. The molecule has 0 radical (unpaired) electrons. The highest BCUT2D eigenvalue weighted by atomic mass is 35.5. The van der Waals surface area contributed by atoms with Crippen LogP contribution in [0.3, 0.4) is 0 Å². The SMILES string of the molecule is CC1(CNC(=O)C2CNC(=O)C2)CCCNC1.Cl. The molecule has 2 aliphatic rings. The van der Waals surface area contributed by atoms with Gasteiger partial charge in [-0.3, -0.25) is 9.59 Å². The van der Waals surface area contributed by atoms with E-state index in [9.17, 15) is 9.59 Å². The fraction of sp³-hybridized carbons (Fsp3) is 0.833. The van der Waals surface area contributed by atoms with E-state index in [1.54, 1.807) is 0 Å². The van der Waals surface area contributed by atoms with E-state index < -0.39 is 0 Å². The predicted octanol–water partition coefficient (Wildman–Crippen LogP) is 0.0502. The third-order valence-electron chi connectivity index (χ3n) is 3.72. The minimum Gasteiger partial charge on any atom is -0.355 e. The van der Waals surface area contributed by atoms with Crippen molar-refractivity contribution in [2.24, 2.45) is 11.3 Å². The van der Waals surface area contributed by atoms with E-state index in [0.717, 1.165) is 25.9 Å². The molecule has 2 heterocycles. The predicted molar refractivity (Wildman–Crippen MR) is 71.6 cm³/mol. The molecule has 0 bridgehead atoms. The largest absolute Gasteiger partial charge is 0.355 e. The van der Waals surface area contributed by atoms with Gasteiger partial charge in [0.2, 0.25) is 11.8 Å². The quantitative estimate of drug-likeness (QED) is 0.682. The van der Waals surface area contributed by atoms with Crippen molar-refractivity contribution in [1.82, 2.24) is 16.0 Å². The molecule has 2 rings (SSSR count). The van der Waals surface area contributed by atoms with Crippen molar-refractivity contribution >= 4 is 24.2 Å². The molecule has 104 valence electrons. The molecule has 5 nitrogen and oxygen atoms in total. The van der Waals surface area contributed by atoms with Crippen molar-refractivity contribution in [3.05, 3.63) is 0 Å². The van der Waals surface area contributed by atoms with Gasteiger partial charge in [-0.05, 0) is 24.8 Å². The van der Waals surface area contributed by atoms with Crippen LogP contribution in [0.15, 0.2) is 0 Å². The van der Waals surface area contributed by atoms with Crippen LogP contribution in [0.4, 0.5) is 0 Å². The van der Waals surface area contributed by atoms with Gasteiger partial charge in [-0.25, -0.2) is 0 Å². The molecule has 0 aliphatic carbocycles. The number of hydrogen-bond donors (Lipinski definition) is 3. The van der Waals surface area contributed by atoms with Gasteiger partial charge in [0.1, 0.15) is 0 Å². The molecule has 0 aromatic carbocycles. The topological polar surface area (TPSA) is 70.2 Å². The summed E-state index contributed by atoms with van der Waals surface area (Å²) >= 11 is 0. The van der Waals surface area contributed by atoms with E-state index in [2.05, 4.69) is 22.9 Å². The first-order chi connectivity index (χ1) is 8.09. The van der Waals surface area contributed by atoms with E-state index in [1.165, 1.54) is 0 Å². The number of nitrogens with one attached hydrogen (secondary N) is 3. The van der Waals surface area contributed by atoms with Crippen LogP contribution in [0.2, 0.25) is 0 Å². The Morgan fingerprint density at radius 2 is 2.33 bits per heavy atom. The van der Waals surface area contributed by atoms with Crippen LogP contribution in [0, 0.1) is 11.3 Å². The lowest BCUT2D eigenvalue weighted by Crippen LogP contribution is -2.47. The maximum Gasteiger partial charge on any atom is 0.225 e. The minimum absolute atomic E-state index is 0. The number of hydrogen-bond acceptors (Lipinski definition) is 3. The van der Waals surface area contributed by atoms with Gasteiger partial charge in [0.25, 0.3) is 0 Å². The Bertz CT molecular complexity index is 316. The Hall–Kier alpha value is -0.810. The molecule has 2 unspecified atom stereocenters. The van der Waals surface area contributed by atoms with Crippen LogP contribution in [-0.2, 0) is 9.59 Å². The Labute approximate surface area is 114 Å². The Morgan fingerprint density at radius 3 is 2.89 bits per heavy atom. The molecule has 0 saturated carbocycles. The Kier molecular flexibility index (Phi) is 5.41. The van der Waals surface area contributed by atoms with Crippen LogP contribution in [-0.4, -0.2) is 38.0 Å². The van der Waals surface area contributed by atoms with E-state index in [4.69, 9.17) is 0 Å². The lowest BCUT2D eigenvalue weighted by Gasteiger charge is -2.34. The van der Waals surface area contributed by atoms with Crippen molar-refractivity contribution < 1.29 is 9.59 Å². The fourth-order valence-electron chi connectivity index (χ4n) is 2.51. The first-order valence-electron chi connectivity index (χ1n) is 6.34. The standard InChI is InChI=1S/C12H21N3O2.ClH/c1-12(3-2-4-13-7-12)8-15-11(17)9-5-10(16)14-6-9;/h9,13H,2-8H2,1H3,(H,14,16)(H,15,17);1H. The summed E-state index contributed by atoms with van der Waals surface area (Å²) < 4.78 is 0. The monoisotopic (exact) mass is 275 g/mol. The third-order valence-corrected chi connectivity index (χ3v) is 3.72. The number of amides is 2. The Morgan fingerprint density at radius 1 is 1.56 bits per heavy atom. The van der Waals surface area contributed by atoms with Gasteiger partial charge in [0.05, 0.1) is 5.92 Å². The van der Waals surface area contributed by atoms with Crippen LogP contribution in [0.5, 0.6) is 0 Å².